The van der Waals surface area contributed by atoms with E-state index in [0.29, 0.717) is 22.7 Å². The predicted octanol–water partition coefficient (Wildman–Crippen LogP) is 7.13. The SMILES string of the molecule is CC1=C[C@H]2N(c3ccccc31)[C@H](C(=O)c1ccccc1)[C@@H](C(=O)c1ccc(CC(C)C)cc1)[C@]21C(=O)Nc2ccccc21. The van der Waals surface area contributed by atoms with Gasteiger partial charge in [0.15, 0.2) is 11.6 Å². The number of amides is 1. The molecule has 4 aromatic carbocycles. The van der Waals surface area contributed by atoms with E-state index in [0.717, 1.165) is 34.4 Å². The third-order valence-electron chi connectivity index (χ3n) is 9.38. The summed E-state index contributed by atoms with van der Waals surface area (Å²) in [4.78, 5) is 46.3. The first-order valence-electron chi connectivity index (χ1n) is 15.0. The molecule has 0 radical (unpaired) electrons. The number of allylic oxidation sites excluding steroid dienone is 1. The molecule has 1 fully saturated rings. The summed E-state index contributed by atoms with van der Waals surface area (Å²) in [6.07, 6.45) is 3.00. The van der Waals surface area contributed by atoms with Crippen LogP contribution in [0, 0.1) is 11.8 Å². The standard InChI is InChI=1S/C38H34N2O3/c1-23(2)21-25-17-19-27(20-18-25)35(41)33-34(36(42)26-11-5-4-6-12-26)40-31-16-10-7-13-28(31)24(3)22-32(40)38(33)29-14-8-9-15-30(29)39-37(38)43/h4-20,22-23,32-34H,21H2,1-3H3,(H,39,43)/t32-,33+,34+,38-/m1/s1. The largest absolute Gasteiger partial charge is 0.352 e. The highest BCUT2D eigenvalue weighted by atomic mass is 16.2. The molecule has 5 nitrogen and oxygen atoms in total. The second-order valence-electron chi connectivity index (χ2n) is 12.4. The van der Waals surface area contributed by atoms with Gasteiger partial charge in [0.05, 0.1) is 12.0 Å². The van der Waals surface area contributed by atoms with Crippen LogP contribution in [-0.4, -0.2) is 29.6 Å². The van der Waals surface area contributed by atoms with E-state index in [-0.39, 0.29) is 17.5 Å². The fourth-order valence-electron chi connectivity index (χ4n) is 7.62. The van der Waals surface area contributed by atoms with Gasteiger partial charge in [-0.2, -0.15) is 0 Å². The van der Waals surface area contributed by atoms with Crippen molar-refractivity contribution in [2.75, 3.05) is 10.2 Å². The fraction of sp³-hybridized carbons (Fsp3) is 0.237. The minimum atomic E-state index is -1.31. The lowest BCUT2D eigenvalue weighted by Gasteiger charge is -2.39. The van der Waals surface area contributed by atoms with Crippen LogP contribution >= 0.6 is 0 Å². The predicted molar refractivity (Wildman–Crippen MR) is 170 cm³/mol. The number of ketones is 2. The Labute approximate surface area is 252 Å². The summed E-state index contributed by atoms with van der Waals surface area (Å²) in [5, 5.41) is 3.11. The van der Waals surface area contributed by atoms with Gasteiger partial charge in [-0.3, -0.25) is 14.4 Å². The average molecular weight is 567 g/mol. The monoisotopic (exact) mass is 566 g/mol. The van der Waals surface area contributed by atoms with Gasteiger partial charge in [0.2, 0.25) is 5.91 Å². The summed E-state index contributed by atoms with van der Waals surface area (Å²) in [5.41, 5.74) is 5.19. The molecule has 1 spiro atoms. The molecule has 0 aliphatic carbocycles. The molecule has 4 aromatic rings. The van der Waals surface area contributed by atoms with Crippen molar-refractivity contribution < 1.29 is 14.4 Å². The summed E-state index contributed by atoms with van der Waals surface area (Å²) >= 11 is 0. The van der Waals surface area contributed by atoms with Crippen molar-refractivity contribution in [1.29, 1.82) is 0 Å². The van der Waals surface area contributed by atoms with E-state index >= 15 is 4.79 Å². The van der Waals surface area contributed by atoms with E-state index in [1.807, 2.05) is 97.9 Å². The second-order valence-corrected chi connectivity index (χ2v) is 12.4. The Morgan fingerprint density at radius 2 is 1.47 bits per heavy atom. The van der Waals surface area contributed by atoms with E-state index < -0.39 is 23.4 Å². The maximum Gasteiger partial charge on any atom is 0.238 e. The Balaban J connectivity index is 1.50. The Bertz CT molecular complexity index is 1790. The second kappa shape index (κ2) is 10.2. The van der Waals surface area contributed by atoms with E-state index in [1.165, 1.54) is 0 Å². The number of anilines is 2. The number of nitrogens with zero attached hydrogens (tertiary/aromatic N) is 1. The number of para-hydroxylation sites is 2. The summed E-state index contributed by atoms with van der Waals surface area (Å²) in [6.45, 7) is 6.38. The minimum Gasteiger partial charge on any atom is -0.352 e. The first-order chi connectivity index (χ1) is 20.8. The molecule has 5 heteroatoms. The number of Topliss-reactive ketones (excluding diaryl/α,β-unsaturated/α-hetero) is 2. The number of hydrogen-bond acceptors (Lipinski definition) is 4. The Hall–Kier alpha value is -4.77. The topological polar surface area (TPSA) is 66.5 Å². The molecule has 0 saturated carbocycles. The fourth-order valence-corrected chi connectivity index (χ4v) is 7.62. The maximum absolute atomic E-state index is 15.0. The van der Waals surface area contributed by atoms with Gasteiger partial charge in [-0.15, -0.1) is 0 Å². The number of rotatable bonds is 6. The smallest absolute Gasteiger partial charge is 0.238 e. The van der Waals surface area contributed by atoms with Crippen LogP contribution in [0.3, 0.4) is 0 Å². The van der Waals surface area contributed by atoms with Crippen LogP contribution in [-0.2, 0) is 16.6 Å². The molecule has 1 N–H and O–H groups in total. The van der Waals surface area contributed by atoms with Crippen LogP contribution in [0.15, 0.2) is 109 Å². The van der Waals surface area contributed by atoms with Crippen molar-refractivity contribution in [3.8, 4) is 0 Å². The molecule has 0 unspecified atom stereocenters. The highest BCUT2D eigenvalue weighted by molar-refractivity contribution is 6.18. The van der Waals surface area contributed by atoms with Crippen molar-refractivity contribution in [3.63, 3.8) is 0 Å². The van der Waals surface area contributed by atoms with Crippen molar-refractivity contribution in [2.24, 2.45) is 11.8 Å². The molecule has 4 atom stereocenters. The molecule has 3 aliphatic rings. The molecule has 214 valence electrons. The lowest BCUT2D eigenvalue weighted by molar-refractivity contribution is -0.121. The third kappa shape index (κ3) is 4.02. The van der Waals surface area contributed by atoms with Crippen LogP contribution in [0.2, 0.25) is 0 Å². The van der Waals surface area contributed by atoms with Crippen LogP contribution in [0.5, 0.6) is 0 Å². The Kier molecular flexibility index (Phi) is 6.42. The third-order valence-corrected chi connectivity index (χ3v) is 9.38. The zero-order valence-corrected chi connectivity index (χ0v) is 24.6. The average Bonchev–Trinajstić information content (AvgIpc) is 3.49. The zero-order chi connectivity index (χ0) is 29.9. The number of nitrogens with one attached hydrogen (secondary N) is 1. The van der Waals surface area contributed by atoms with E-state index in [2.05, 4.69) is 30.1 Å². The van der Waals surface area contributed by atoms with Crippen LogP contribution in [0.25, 0.3) is 5.57 Å². The molecular formula is C38H34N2O3. The normalized spacial score (nSPS) is 23.4. The van der Waals surface area contributed by atoms with Crippen molar-refractivity contribution >= 4 is 34.4 Å². The quantitative estimate of drug-likeness (QED) is 0.252. The lowest BCUT2D eigenvalue weighted by Crippen LogP contribution is -2.51. The highest BCUT2D eigenvalue weighted by Crippen LogP contribution is 2.58. The Morgan fingerprint density at radius 1 is 0.814 bits per heavy atom. The van der Waals surface area contributed by atoms with Gasteiger partial charge in [0.1, 0.15) is 11.5 Å². The number of carbonyl (C=O) groups excluding carboxylic acids is 3. The minimum absolute atomic E-state index is 0.169. The van der Waals surface area contributed by atoms with E-state index in [9.17, 15) is 9.59 Å². The van der Waals surface area contributed by atoms with Gasteiger partial charge in [0, 0.05) is 28.1 Å². The van der Waals surface area contributed by atoms with Gasteiger partial charge < -0.3 is 10.2 Å². The van der Waals surface area contributed by atoms with Crippen LogP contribution in [0.1, 0.15) is 58.2 Å². The van der Waals surface area contributed by atoms with Crippen molar-refractivity contribution in [1.82, 2.24) is 0 Å². The van der Waals surface area contributed by atoms with E-state index in [1.54, 1.807) is 12.1 Å². The van der Waals surface area contributed by atoms with Gasteiger partial charge in [-0.1, -0.05) is 111 Å². The Morgan fingerprint density at radius 3 is 2.21 bits per heavy atom. The number of benzene rings is 4. The van der Waals surface area contributed by atoms with Crippen LogP contribution in [0.4, 0.5) is 11.4 Å². The van der Waals surface area contributed by atoms with E-state index in [4.69, 9.17) is 0 Å². The first-order valence-corrected chi connectivity index (χ1v) is 15.0. The highest BCUT2D eigenvalue weighted by Gasteiger charge is 2.70. The lowest BCUT2D eigenvalue weighted by atomic mass is 9.64. The van der Waals surface area contributed by atoms with Gasteiger partial charge in [-0.05, 0) is 48.1 Å². The molecule has 7 rings (SSSR count). The molecule has 0 bridgehead atoms. The van der Waals surface area contributed by atoms with Crippen molar-refractivity contribution in [2.45, 2.75) is 44.7 Å². The first kappa shape index (κ1) is 27.1. The summed E-state index contributed by atoms with van der Waals surface area (Å²) in [5.74, 6) is -1.10. The summed E-state index contributed by atoms with van der Waals surface area (Å²) in [7, 11) is 0. The molecule has 0 aromatic heterocycles. The number of fused-ring (bicyclic) bond motifs is 6. The molecule has 1 amide bonds. The molecule has 3 heterocycles. The number of carbonyl (C=O) groups is 3. The maximum atomic E-state index is 15.0. The van der Waals surface area contributed by atoms with Gasteiger partial charge >= 0.3 is 0 Å². The van der Waals surface area contributed by atoms with Crippen molar-refractivity contribution in [3.05, 3.63) is 137 Å². The molecule has 3 aliphatic heterocycles. The number of hydrogen-bond donors (Lipinski definition) is 1. The summed E-state index contributed by atoms with van der Waals surface area (Å²) < 4.78 is 0. The molecular weight excluding hydrogens is 532 g/mol. The van der Waals surface area contributed by atoms with Gasteiger partial charge in [0.25, 0.3) is 0 Å². The van der Waals surface area contributed by atoms with Gasteiger partial charge in [-0.25, -0.2) is 0 Å². The molecule has 43 heavy (non-hydrogen) atoms. The zero-order valence-electron chi connectivity index (χ0n) is 24.6. The van der Waals surface area contributed by atoms with Crippen LogP contribution < -0.4 is 10.2 Å². The molecule has 1 saturated heterocycles. The summed E-state index contributed by atoms with van der Waals surface area (Å²) in [6, 6.07) is 31.0.